The molecule has 1 N–H and O–H groups in total. The number of halogens is 1. The minimum absolute atomic E-state index is 0.0856. The van der Waals surface area contributed by atoms with Crippen LogP contribution in [0.3, 0.4) is 0 Å². The molecule has 1 saturated heterocycles. The first-order valence-corrected chi connectivity index (χ1v) is 9.22. The monoisotopic (exact) mass is 351 g/mol. The van der Waals surface area contributed by atoms with E-state index in [1.807, 2.05) is 24.5 Å². The molecule has 1 aromatic heterocycles. The molecule has 3 aromatic rings. The normalized spacial score (nSPS) is 17.0. The molecule has 1 aliphatic rings. The van der Waals surface area contributed by atoms with Crippen LogP contribution in [0.25, 0.3) is 11.1 Å². The molecule has 3 nitrogen and oxygen atoms in total. The highest BCUT2D eigenvalue weighted by Crippen LogP contribution is 2.42. The lowest BCUT2D eigenvalue weighted by molar-refractivity contribution is 0.0524. The molecule has 1 unspecified atom stereocenters. The fraction of sp³-hybridized carbons (Fsp3) is 0.286. The van der Waals surface area contributed by atoms with Crippen molar-refractivity contribution in [1.82, 2.24) is 15.1 Å². The first-order valence-electron chi connectivity index (χ1n) is 8.85. The molecule has 0 radical (unpaired) electrons. The Labute approximate surface area is 153 Å². The molecule has 0 saturated carbocycles. The second-order valence-electron chi connectivity index (χ2n) is 6.63. The summed E-state index contributed by atoms with van der Waals surface area (Å²) in [7, 11) is 0. The van der Waals surface area contributed by atoms with E-state index in [2.05, 4.69) is 58.4 Å². The molecular formula is C21H22ClN3. The zero-order valence-electron chi connectivity index (χ0n) is 14.4. The summed E-state index contributed by atoms with van der Waals surface area (Å²) in [5, 5.41) is 7.71. The second kappa shape index (κ2) is 6.66. The van der Waals surface area contributed by atoms with E-state index in [4.69, 9.17) is 11.6 Å². The van der Waals surface area contributed by atoms with Crippen molar-refractivity contribution in [3.8, 4) is 11.1 Å². The Morgan fingerprint density at radius 3 is 2.12 bits per heavy atom. The van der Waals surface area contributed by atoms with Crippen molar-refractivity contribution in [3.63, 3.8) is 0 Å². The zero-order valence-corrected chi connectivity index (χ0v) is 15.1. The van der Waals surface area contributed by atoms with Gasteiger partial charge in [-0.1, -0.05) is 54.9 Å². The minimum Gasteiger partial charge on any atom is -0.290 e. The lowest BCUT2D eigenvalue weighted by Gasteiger charge is -2.49. The number of aromatic nitrogens is 2. The molecule has 0 bridgehead atoms. The highest BCUT2D eigenvalue weighted by Gasteiger charge is 2.41. The molecule has 0 amide bonds. The van der Waals surface area contributed by atoms with Gasteiger partial charge in [-0.3, -0.25) is 10.00 Å². The van der Waals surface area contributed by atoms with Gasteiger partial charge in [0.05, 0.1) is 11.7 Å². The van der Waals surface area contributed by atoms with E-state index in [1.165, 1.54) is 23.1 Å². The SMILES string of the molecule is CCC(c1ccc(Cl)cc1)(c1ccc(-c2cn[nH]c2)cc1)N1CCC1. The third-order valence-corrected chi connectivity index (χ3v) is 5.68. The summed E-state index contributed by atoms with van der Waals surface area (Å²) in [6.45, 7) is 4.55. The van der Waals surface area contributed by atoms with Crippen molar-refractivity contribution < 1.29 is 0 Å². The van der Waals surface area contributed by atoms with E-state index in [-0.39, 0.29) is 5.54 Å². The summed E-state index contributed by atoms with van der Waals surface area (Å²) in [5.41, 5.74) is 4.86. The lowest BCUT2D eigenvalue weighted by Crippen LogP contribution is -2.53. The van der Waals surface area contributed by atoms with Crippen molar-refractivity contribution in [3.05, 3.63) is 77.1 Å². The quantitative estimate of drug-likeness (QED) is 0.694. The summed E-state index contributed by atoms with van der Waals surface area (Å²) in [6.07, 6.45) is 6.08. The van der Waals surface area contributed by atoms with Gasteiger partial charge in [0.1, 0.15) is 0 Å². The first kappa shape index (κ1) is 16.4. The fourth-order valence-electron chi connectivity index (χ4n) is 3.93. The van der Waals surface area contributed by atoms with Crippen molar-refractivity contribution >= 4 is 11.6 Å². The number of likely N-dealkylation sites (tertiary alicyclic amines) is 1. The Balaban J connectivity index is 1.79. The van der Waals surface area contributed by atoms with E-state index < -0.39 is 0 Å². The smallest absolute Gasteiger partial charge is 0.0713 e. The van der Waals surface area contributed by atoms with Crippen molar-refractivity contribution in [1.29, 1.82) is 0 Å². The molecule has 0 spiro atoms. The van der Waals surface area contributed by atoms with Gasteiger partial charge in [-0.2, -0.15) is 5.10 Å². The fourth-order valence-corrected chi connectivity index (χ4v) is 4.06. The van der Waals surface area contributed by atoms with E-state index in [0.29, 0.717) is 0 Å². The number of rotatable bonds is 5. The summed E-state index contributed by atoms with van der Waals surface area (Å²) < 4.78 is 0. The molecule has 128 valence electrons. The topological polar surface area (TPSA) is 31.9 Å². The summed E-state index contributed by atoms with van der Waals surface area (Å²) in [5.74, 6) is 0. The summed E-state index contributed by atoms with van der Waals surface area (Å²) >= 11 is 6.13. The van der Waals surface area contributed by atoms with Crippen LogP contribution in [-0.2, 0) is 5.54 Å². The van der Waals surface area contributed by atoms with Crippen LogP contribution in [0.2, 0.25) is 5.02 Å². The minimum atomic E-state index is -0.0856. The molecule has 25 heavy (non-hydrogen) atoms. The number of hydrogen-bond donors (Lipinski definition) is 1. The molecule has 4 rings (SSSR count). The van der Waals surface area contributed by atoms with Gasteiger partial charge >= 0.3 is 0 Å². The maximum absolute atomic E-state index is 6.13. The second-order valence-corrected chi connectivity index (χ2v) is 7.06. The predicted molar refractivity (Wildman–Crippen MR) is 103 cm³/mol. The Bertz CT molecular complexity index is 821. The van der Waals surface area contributed by atoms with E-state index >= 15 is 0 Å². The maximum atomic E-state index is 6.13. The van der Waals surface area contributed by atoms with Crippen LogP contribution in [-0.4, -0.2) is 28.2 Å². The highest BCUT2D eigenvalue weighted by molar-refractivity contribution is 6.30. The zero-order chi connectivity index (χ0) is 17.3. The third-order valence-electron chi connectivity index (χ3n) is 5.42. The van der Waals surface area contributed by atoms with Gasteiger partial charge in [-0.05, 0) is 41.7 Å². The predicted octanol–water partition coefficient (Wildman–Crippen LogP) is 5.09. The van der Waals surface area contributed by atoms with Crippen LogP contribution in [0, 0.1) is 0 Å². The van der Waals surface area contributed by atoms with Gasteiger partial charge in [-0.15, -0.1) is 0 Å². The average molecular weight is 352 g/mol. The van der Waals surface area contributed by atoms with Crippen molar-refractivity contribution in [2.45, 2.75) is 25.3 Å². The maximum Gasteiger partial charge on any atom is 0.0713 e. The molecule has 2 aromatic carbocycles. The molecule has 0 aliphatic carbocycles. The first-order chi connectivity index (χ1) is 12.2. The van der Waals surface area contributed by atoms with E-state index in [1.54, 1.807) is 0 Å². The van der Waals surface area contributed by atoms with E-state index in [0.717, 1.165) is 30.1 Å². The van der Waals surface area contributed by atoms with E-state index in [9.17, 15) is 0 Å². The van der Waals surface area contributed by atoms with Gasteiger partial charge < -0.3 is 0 Å². The average Bonchev–Trinajstić information content (AvgIpc) is 3.14. The van der Waals surface area contributed by atoms with Gasteiger partial charge in [-0.25, -0.2) is 0 Å². The number of benzene rings is 2. The number of aromatic amines is 1. The van der Waals surface area contributed by atoms with Crippen LogP contribution in [0.5, 0.6) is 0 Å². The number of nitrogens with zero attached hydrogens (tertiary/aromatic N) is 2. The molecule has 1 aliphatic heterocycles. The van der Waals surface area contributed by atoms with Gasteiger partial charge in [0, 0.05) is 29.9 Å². The number of H-pyrrole nitrogens is 1. The van der Waals surface area contributed by atoms with Crippen LogP contribution in [0.15, 0.2) is 60.9 Å². The van der Waals surface area contributed by atoms with Crippen molar-refractivity contribution in [2.24, 2.45) is 0 Å². The van der Waals surface area contributed by atoms with Gasteiger partial charge in [0.2, 0.25) is 0 Å². The number of nitrogens with one attached hydrogen (secondary N) is 1. The summed E-state index contributed by atoms with van der Waals surface area (Å²) in [4.78, 5) is 2.59. The van der Waals surface area contributed by atoms with Gasteiger partial charge in [0.25, 0.3) is 0 Å². The lowest BCUT2D eigenvalue weighted by atomic mass is 9.77. The standard InChI is InChI=1S/C21H22ClN3/c1-2-21(25-12-3-13-25,19-8-10-20(22)11-9-19)18-6-4-16(5-7-18)17-14-23-24-15-17/h4-11,14-15H,2-3,12-13H2,1H3,(H,23,24). The number of hydrogen-bond acceptors (Lipinski definition) is 2. The van der Waals surface area contributed by atoms with Gasteiger partial charge in [0.15, 0.2) is 0 Å². The molecule has 2 heterocycles. The highest BCUT2D eigenvalue weighted by atomic mass is 35.5. The Morgan fingerprint density at radius 2 is 1.64 bits per heavy atom. The van der Waals surface area contributed by atoms with Crippen molar-refractivity contribution in [2.75, 3.05) is 13.1 Å². The molecule has 4 heteroatoms. The Kier molecular flexibility index (Phi) is 4.36. The summed E-state index contributed by atoms with van der Waals surface area (Å²) in [6, 6.07) is 17.3. The molecule has 1 atom stereocenters. The van der Waals surface area contributed by atoms with Crippen LogP contribution in [0.4, 0.5) is 0 Å². The van der Waals surface area contributed by atoms with Crippen LogP contribution < -0.4 is 0 Å². The molecule has 1 fully saturated rings. The largest absolute Gasteiger partial charge is 0.290 e. The Hall–Kier alpha value is -2.10. The third kappa shape index (κ3) is 2.78. The Morgan fingerprint density at radius 1 is 1.00 bits per heavy atom. The molecular weight excluding hydrogens is 330 g/mol. The van der Waals surface area contributed by atoms with Crippen LogP contribution in [0.1, 0.15) is 30.9 Å². The van der Waals surface area contributed by atoms with Crippen LogP contribution >= 0.6 is 11.6 Å².